The molecule has 0 atom stereocenters. The van der Waals surface area contributed by atoms with Crippen LogP contribution in [0.2, 0.25) is 0 Å². The molecule has 1 amide bonds. The number of benzene rings is 1. The largest absolute Gasteiger partial charge is 0.461 e. The molecule has 6 heteroatoms. The number of para-hydroxylation sites is 2. The Morgan fingerprint density at radius 3 is 2.95 bits per heavy atom. The van der Waals surface area contributed by atoms with Crippen molar-refractivity contribution in [3.63, 3.8) is 0 Å². The van der Waals surface area contributed by atoms with Crippen LogP contribution in [0.1, 0.15) is 0 Å². The van der Waals surface area contributed by atoms with Crippen molar-refractivity contribution in [1.82, 2.24) is 14.9 Å². The summed E-state index contributed by atoms with van der Waals surface area (Å²) >= 11 is 1.48. The maximum Gasteiger partial charge on any atom is 0.235 e. The molecule has 1 N–H and O–H groups in total. The molecule has 1 saturated heterocycles. The summed E-state index contributed by atoms with van der Waals surface area (Å²) < 4.78 is 7.42. The van der Waals surface area contributed by atoms with Gasteiger partial charge in [0.1, 0.15) is 0 Å². The molecule has 0 unspecified atom stereocenters. The minimum absolute atomic E-state index is 0.0234. The van der Waals surface area contributed by atoms with Crippen LogP contribution in [0.15, 0.2) is 52.1 Å². The fourth-order valence-electron chi connectivity index (χ4n) is 2.29. The Bertz CT molecular complexity index is 849. The summed E-state index contributed by atoms with van der Waals surface area (Å²) in [6.45, 7) is 0. The van der Waals surface area contributed by atoms with Gasteiger partial charge in [0.2, 0.25) is 5.91 Å². The molecule has 5 nitrogen and oxygen atoms in total. The SMILES string of the molecule is O=C1CS/C(=C/n2c(-c3ccco3)nc3ccccc32)N1. The second-order valence-corrected chi connectivity index (χ2v) is 5.62. The summed E-state index contributed by atoms with van der Waals surface area (Å²) in [5.74, 6) is 1.89. The van der Waals surface area contributed by atoms with Crippen LogP contribution in [-0.2, 0) is 4.79 Å². The van der Waals surface area contributed by atoms with Crippen LogP contribution in [0, 0.1) is 0 Å². The van der Waals surface area contributed by atoms with E-state index in [1.54, 1.807) is 6.26 Å². The summed E-state index contributed by atoms with van der Waals surface area (Å²) in [4.78, 5) is 16.0. The van der Waals surface area contributed by atoms with E-state index in [0.717, 1.165) is 21.9 Å². The van der Waals surface area contributed by atoms with Crippen molar-refractivity contribution in [3.05, 3.63) is 47.7 Å². The van der Waals surface area contributed by atoms with Gasteiger partial charge in [0.05, 0.1) is 28.1 Å². The van der Waals surface area contributed by atoms with Crippen molar-refractivity contribution in [2.45, 2.75) is 0 Å². The van der Waals surface area contributed by atoms with E-state index in [4.69, 9.17) is 4.42 Å². The number of nitrogens with one attached hydrogen (secondary N) is 1. The van der Waals surface area contributed by atoms with E-state index >= 15 is 0 Å². The molecule has 2 aromatic heterocycles. The summed E-state index contributed by atoms with van der Waals surface area (Å²) in [6, 6.07) is 11.6. The number of rotatable bonds is 2. The maximum atomic E-state index is 11.3. The zero-order valence-corrected chi connectivity index (χ0v) is 11.8. The molecule has 1 aliphatic heterocycles. The van der Waals surface area contributed by atoms with E-state index in [1.165, 1.54) is 11.8 Å². The third kappa shape index (κ3) is 2.13. The van der Waals surface area contributed by atoms with E-state index < -0.39 is 0 Å². The summed E-state index contributed by atoms with van der Waals surface area (Å²) in [5, 5.41) is 3.65. The first-order valence-corrected chi connectivity index (χ1v) is 7.45. The van der Waals surface area contributed by atoms with Crippen molar-refractivity contribution in [1.29, 1.82) is 0 Å². The van der Waals surface area contributed by atoms with Crippen molar-refractivity contribution in [2.24, 2.45) is 0 Å². The highest BCUT2D eigenvalue weighted by atomic mass is 32.2. The average molecular weight is 297 g/mol. The molecular weight excluding hydrogens is 286 g/mol. The highest BCUT2D eigenvalue weighted by Crippen LogP contribution is 2.28. The van der Waals surface area contributed by atoms with Gasteiger partial charge in [0.25, 0.3) is 0 Å². The summed E-state index contributed by atoms with van der Waals surface area (Å²) in [7, 11) is 0. The molecule has 21 heavy (non-hydrogen) atoms. The zero-order chi connectivity index (χ0) is 14.2. The van der Waals surface area contributed by atoms with Gasteiger partial charge in [-0.25, -0.2) is 4.98 Å². The number of furan rings is 1. The number of carbonyl (C=O) groups excluding carboxylic acids is 1. The molecule has 3 heterocycles. The third-order valence-electron chi connectivity index (χ3n) is 3.21. The number of fused-ring (bicyclic) bond motifs is 1. The Hall–Kier alpha value is -2.47. The van der Waals surface area contributed by atoms with Gasteiger partial charge in [-0.15, -0.1) is 0 Å². The summed E-state index contributed by atoms with van der Waals surface area (Å²) in [5.41, 5.74) is 1.85. The monoisotopic (exact) mass is 297 g/mol. The van der Waals surface area contributed by atoms with Crippen molar-refractivity contribution >= 4 is 34.9 Å². The van der Waals surface area contributed by atoms with Gasteiger partial charge < -0.3 is 9.73 Å². The van der Waals surface area contributed by atoms with Crippen LogP contribution in [0.4, 0.5) is 0 Å². The van der Waals surface area contributed by atoms with Crippen LogP contribution in [0.5, 0.6) is 0 Å². The number of aromatic nitrogens is 2. The van der Waals surface area contributed by atoms with E-state index in [2.05, 4.69) is 10.3 Å². The molecule has 1 aliphatic rings. The van der Waals surface area contributed by atoms with Gasteiger partial charge >= 0.3 is 0 Å². The number of amides is 1. The lowest BCUT2D eigenvalue weighted by Crippen LogP contribution is -2.14. The minimum atomic E-state index is 0.0234. The standard InChI is InChI=1S/C15H11N3O2S/c19-13-9-21-14(17-13)8-18-11-5-2-1-4-10(11)16-15(18)12-6-3-7-20-12/h1-8H,9H2,(H,17,19)/b14-8+. The van der Waals surface area contributed by atoms with Crippen LogP contribution in [0.25, 0.3) is 28.8 Å². The number of hydrogen-bond donors (Lipinski definition) is 1. The number of hydrogen-bond acceptors (Lipinski definition) is 4. The minimum Gasteiger partial charge on any atom is -0.461 e. The molecule has 1 aromatic carbocycles. The van der Waals surface area contributed by atoms with Crippen molar-refractivity contribution in [3.8, 4) is 11.6 Å². The number of thioether (sulfide) groups is 1. The Balaban J connectivity index is 1.93. The first kappa shape index (κ1) is 12.3. The molecule has 0 bridgehead atoms. The predicted octanol–water partition coefficient (Wildman–Crippen LogP) is 2.92. The highest BCUT2D eigenvalue weighted by molar-refractivity contribution is 8.04. The second kappa shape index (κ2) is 4.82. The normalized spacial score (nSPS) is 16.8. The van der Waals surface area contributed by atoms with Gasteiger partial charge in [-0.05, 0) is 24.3 Å². The van der Waals surface area contributed by atoms with Crippen LogP contribution < -0.4 is 5.32 Å². The quantitative estimate of drug-likeness (QED) is 0.790. The Morgan fingerprint density at radius 2 is 2.19 bits per heavy atom. The predicted molar refractivity (Wildman–Crippen MR) is 82.3 cm³/mol. The fourth-order valence-corrected chi connectivity index (χ4v) is 3.02. The van der Waals surface area contributed by atoms with Gasteiger partial charge in [0.15, 0.2) is 11.6 Å². The van der Waals surface area contributed by atoms with Gasteiger partial charge in [-0.2, -0.15) is 0 Å². The van der Waals surface area contributed by atoms with Crippen LogP contribution in [0.3, 0.4) is 0 Å². The smallest absolute Gasteiger partial charge is 0.235 e. The molecule has 0 spiro atoms. The Kier molecular flexibility index (Phi) is 2.82. The summed E-state index contributed by atoms with van der Waals surface area (Å²) in [6.07, 6.45) is 3.51. The van der Waals surface area contributed by atoms with Gasteiger partial charge in [0, 0.05) is 6.20 Å². The lowest BCUT2D eigenvalue weighted by molar-refractivity contribution is -0.117. The third-order valence-corrected chi connectivity index (χ3v) is 4.13. The van der Waals surface area contributed by atoms with Crippen molar-refractivity contribution < 1.29 is 9.21 Å². The molecule has 4 rings (SSSR count). The zero-order valence-electron chi connectivity index (χ0n) is 10.9. The van der Waals surface area contributed by atoms with Crippen LogP contribution in [-0.4, -0.2) is 21.2 Å². The molecule has 3 aromatic rings. The average Bonchev–Trinajstić information content (AvgIpc) is 3.20. The number of carbonyl (C=O) groups is 1. The fraction of sp³-hybridized carbons (Fsp3) is 0.0667. The van der Waals surface area contributed by atoms with E-state index in [9.17, 15) is 4.79 Å². The van der Waals surface area contributed by atoms with Crippen LogP contribution >= 0.6 is 11.8 Å². The molecule has 0 saturated carbocycles. The lowest BCUT2D eigenvalue weighted by atomic mass is 10.3. The van der Waals surface area contributed by atoms with E-state index in [0.29, 0.717) is 11.5 Å². The molecule has 0 aliphatic carbocycles. The molecule has 104 valence electrons. The molecule has 0 radical (unpaired) electrons. The topological polar surface area (TPSA) is 60.1 Å². The first-order valence-electron chi connectivity index (χ1n) is 6.46. The molecular formula is C15H11N3O2S. The first-order chi connectivity index (χ1) is 10.3. The highest BCUT2D eigenvalue weighted by Gasteiger charge is 2.18. The van der Waals surface area contributed by atoms with Crippen molar-refractivity contribution in [2.75, 3.05) is 5.75 Å². The Labute approximate surface area is 124 Å². The maximum absolute atomic E-state index is 11.3. The number of imidazole rings is 1. The van der Waals surface area contributed by atoms with E-state index in [1.807, 2.05) is 47.2 Å². The lowest BCUT2D eigenvalue weighted by Gasteiger charge is -2.03. The molecule has 1 fully saturated rings. The Morgan fingerprint density at radius 1 is 1.29 bits per heavy atom. The van der Waals surface area contributed by atoms with Gasteiger partial charge in [-0.1, -0.05) is 23.9 Å². The number of nitrogens with zero attached hydrogens (tertiary/aromatic N) is 2. The van der Waals surface area contributed by atoms with E-state index in [-0.39, 0.29) is 5.91 Å². The van der Waals surface area contributed by atoms with Gasteiger partial charge in [-0.3, -0.25) is 9.36 Å². The second-order valence-electron chi connectivity index (χ2n) is 4.60.